The van der Waals surface area contributed by atoms with Crippen LogP contribution in [0.25, 0.3) is 0 Å². The summed E-state index contributed by atoms with van der Waals surface area (Å²) < 4.78 is 0. The quantitative estimate of drug-likeness (QED) is 0.675. The van der Waals surface area contributed by atoms with Gasteiger partial charge in [-0.2, -0.15) is 0 Å². The highest BCUT2D eigenvalue weighted by atomic mass is 16.2. The third kappa shape index (κ3) is 7.15. The third-order valence-corrected chi connectivity index (χ3v) is 3.38. The van der Waals surface area contributed by atoms with E-state index < -0.39 is 0 Å². The molecule has 0 spiro atoms. The molecule has 0 saturated carbocycles. The first-order chi connectivity index (χ1) is 9.11. The van der Waals surface area contributed by atoms with Crippen molar-refractivity contribution in [1.82, 2.24) is 15.5 Å². The lowest BCUT2D eigenvalue weighted by Crippen LogP contribution is -2.49. The summed E-state index contributed by atoms with van der Waals surface area (Å²) in [5, 5.41) is 5.88. The van der Waals surface area contributed by atoms with Gasteiger partial charge in [0.05, 0.1) is 6.54 Å². The van der Waals surface area contributed by atoms with Crippen molar-refractivity contribution in [3.63, 3.8) is 0 Å². The van der Waals surface area contributed by atoms with Crippen LogP contribution in [0.5, 0.6) is 0 Å². The molecular weight excluding hydrogens is 242 g/mol. The zero-order valence-corrected chi connectivity index (χ0v) is 12.2. The molecule has 0 aromatic carbocycles. The minimum Gasteiger partial charge on any atom is -0.355 e. The lowest BCUT2D eigenvalue weighted by Gasteiger charge is -2.32. The molecule has 5 nitrogen and oxygen atoms in total. The second-order valence-corrected chi connectivity index (χ2v) is 5.33. The van der Waals surface area contributed by atoms with Gasteiger partial charge in [-0.25, -0.2) is 0 Å². The number of likely N-dealkylation sites (tertiary alicyclic amines) is 1. The number of carbonyl (C=O) groups is 2. The van der Waals surface area contributed by atoms with Crippen LogP contribution in [-0.2, 0) is 9.59 Å². The first-order valence-electron chi connectivity index (χ1n) is 7.38. The van der Waals surface area contributed by atoms with Crippen LogP contribution < -0.4 is 10.6 Å². The average Bonchev–Trinajstić information content (AvgIpc) is 2.34. The van der Waals surface area contributed by atoms with Crippen molar-refractivity contribution in [3.05, 3.63) is 0 Å². The molecule has 0 aromatic heterocycles. The summed E-state index contributed by atoms with van der Waals surface area (Å²) >= 11 is 0. The molecule has 1 heterocycles. The fourth-order valence-corrected chi connectivity index (χ4v) is 2.47. The second kappa shape index (κ2) is 8.91. The van der Waals surface area contributed by atoms with Crippen LogP contribution in [0, 0.1) is 0 Å². The van der Waals surface area contributed by atoms with Gasteiger partial charge in [0.2, 0.25) is 11.8 Å². The van der Waals surface area contributed by atoms with Crippen LogP contribution >= 0.6 is 0 Å². The maximum Gasteiger partial charge on any atom is 0.234 e. The third-order valence-electron chi connectivity index (χ3n) is 3.38. The van der Waals surface area contributed by atoms with Gasteiger partial charge in [0.25, 0.3) is 0 Å². The minimum absolute atomic E-state index is 0.0101. The summed E-state index contributed by atoms with van der Waals surface area (Å²) in [4.78, 5) is 24.9. The summed E-state index contributed by atoms with van der Waals surface area (Å²) in [6, 6.07) is 0.194. The van der Waals surface area contributed by atoms with Crippen molar-refractivity contribution in [2.45, 2.75) is 52.0 Å². The summed E-state index contributed by atoms with van der Waals surface area (Å²) in [6.07, 6.45) is 5.42. The van der Waals surface area contributed by atoms with Gasteiger partial charge < -0.3 is 10.6 Å². The Kier molecular flexibility index (Phi) is 7.48. The van der Waals surface area contributed by atoms with Crippen molar-refractivity contribution in [2.75, 3.05) is 26.2 Å². The highest BCUT2D eigenvalue weighted by Gasteiger charge is 2.21. The number of amides is 2. The topological polar surface area (TPSA) is 61.4 Å². The number of rotatable bonds is 7. The molecule has 0 aliphatic carbocycles. The van der Waals surface area contributed by atoms with Crippen LogP contribution in [-0.4, -0.2) is 48.9 Å². The molecule has 1 atom stereocenters. The number of hydrogen-bond acceptors (Lipinski definition) is 3. The van der Waals surface area contributed by atoms with Gasteiger partial charge >= 0.3 is 0 Å². The Hall–Kier alpha value is -1.10. The Labute approximate surface area is 116 Å². The monoisotopic (exact) mass is 269 g/mol. The van der Waals surface area contributed by atoms with Gasteiger partial charge in [-0.1, -0.05) is 19.8 Å². The van der Waals surface area contributed by atoms with Crippen LogP contribution in [0.3, 0.4) is 0 Å². The normalized spacial score (nSPS) is 20.0. The fraction of sp³-hybridized carbons (Fsp3) is 0.857. The molecule has 110 valence electrons. The molecule has 2 N–H and O–H groups in total. The van der Waals surface area contributed by atoms with Crippen LogP contribution in [0.4, 0.5) is 0 Å². The first-order valence-corrected chi connectivity index (χ1v) is 7.38. The van der Waals surface area contributed by atoms with Crippen molar-refractivity contribution < 1.29 is 9.59 Å². The maximum atomic E-state index is 11.8. The molecular formula is C14H27N3O2. The Morgan fingerprint density at radius 1 is 1.32 bits per heavy atom. The van der Waals surface area contributed by atoms with E-state index in [9.17, 15) is 9.59 Å². The number of piperidine rings is 1. The predicted octanol–water partition coefficient (Wildman–Crippen LogP) is 0.893. The van der Waals surface area contributed by atoms with E-state index in [4.69, 9.17) is 0 Å². The zero-order chi connectivity index (χ0) is 14.1. The average molecular weight is 269 g/mol. The largest absolute Gasteiger partial charge is 0.355 e. The van der Waals surface area contributed by atoms with Crippen molar-refractivity contribution >= 4 is 11.8 Å². The van der Waals surface area contributed by atoms with E-state index in [-0.39, 0.29) is 17.9 Å². The van der Waals surface area contributed by atoms with Gasteiger partial charge in [-0.15, -0.1) is 0 Å². The number of nitrogens with zero attached hydrogens (tertiary/aromatic N) is 1. The van der Waals surface area contributed by atoms with E-state index in [1.165, 1.54) is 6.42 Å². The van der Waals surface area contributed by atoms with Gasteiger partial charge in [-0.3, -0.25) is 14.5 Å². The predicted molar refractivity (Wildman–Crippen MR) is 75.8 cm³/mol. The molecule has 1 aliphatic heterocycles. The number of carbonyl (C=O) groups excluding carboxylic acids is 2. The lowest BCUT2D eigenvalue weighted by atomic mass is 10.1. The molecule has 0 bridgehead atoms. The molecule has 1 unspecified atom stereocenters. The number of hydrogen-bond donors (Lipinski definition) is 2. The molecule has 0 radical (unpaired) electrons. The highest BCUT2D eigenvalue weighted by Crippen LogP contribution is 2.09. The molecule has 19 heavy (non-hydrogen) atoms. The van der Waals surface area contributed by atoms with Gasteiger partial charge in [-0.05, 0) is 25.8 Å². The molecule has 1 rings (SSSR count). The van der Waals surface area contributed by atoms with Crippen LogP contribution in [0.15, 0.2) is 0 Å². The Balaban J connectivity index is 2.20. The van der Waals surface area contributed by atoms with Gasteiger partial charge in [0, 0.05) is 26.1 Å². The van der Waals surface area contributed by atoms with Crippen LogP contribution in [0.2, 0.25) is 0 Å². The lowest BCUT2D eigenvalue weighted by molar-refractivity contribution is -0.122. The fourth-order valence-electron chi connectivity index (χ4n) is 2.47. The van der Waals surface area contributed by atoms with E-state index in [0.717, 1.165) is 45.3 Å². The molecule has 1 saturated heterocycles. The summed E-state index contributed by atoms with van der Waals surface area (Å²) in [5.74, 6) is 0.107. The highest BCUT2D eigenvalue weighted by molar-refractivity contribution is 5.78. The van der Waals surface area contributed by atoms with Crippen LogP contribution in [0.1, 0.15) is 46.0 Å². The van der Waals surface area contributed by atoms with Gasteiger partial charge in [0.15, 0.2) is 0 Å². The summed E-state index contributed by atoms with van der Waals surface area (Å²) in [6.45, 7) is 6.63. The summed E-state index contributed by atoms with van der Waals surface area (Å²) in [5.41, 5.74) is 0. The van der Waals surface area contributed by atoms with Gasteiger partial charge in [0.1, 0.15) is 0 Å². The first kappa shape index (κ1) is 16.0. The molecule has 5 heteroatoms. The SMILES string of the molecule is CCCCCNC(=O)CN1CCCC(NC(C)=O)C1. The number of nitrogens with one attached hydrogen (secondary N) is 2. The Morgan fingerprint density at radius 2 is 2.11 bits per heavy atom. The van der Waals surface area contributed by atoms with E-state index >= 15 is 0 Å². The van der Waals surface area contributed by atoms with E-state index in [0.29, 0.717) is 6.54 Å². The standard InChI is InChI=1S/C14H27N3O2/c1-3-4-5-8-15-14(19)11-17-9-6-7-13(10-17)16-12(2)18/h13H,3-11H2,1-2H3,(H,15,19)(H,16,18). The minimum atomic E-state index is 0.0101. The van der Waals surface area contributed by atoms with E-state index in [1.54, 1.807) is 6.92 Å². The maximum absolute atomic E-state index is 11.8. The molecule has 0 aromatic rings. The zero-order valence-electron chi connectivity index (χ0n) is 12.2. The Bertz CT molecular complexity index is 294. The summed E-state index contributed by atoms with van der Waals surface area (Å²) in [7, 11) is 0. The van der Waals surface area contributed by atoms with Crippen molar-refractivity contribution in [3.8, 4) is 0 Å². The van der Waals surface area contributed by atoms with Crippen molar-refractivity contribution in [2.24, 2.45) is 0 Å². The molecule has 1 aliphatic rings. The molecule has 2 amide bonds. The van der Waals surface area contributed by atoms with Crippen molar-refractivity contribution in [1.29, 1.82) is 0 Å². The smallest absolute Gasteiger partial charge is 0.234 e. The van der Waals surface area contributed by atoms with E-state index in [1.807, 2.05) is 0 Å². The second-order valence-electron chi connectivity index (χ2n) is 5.33. The molecule has 1 fully saturated rings. The number of unbranched alkanes of at least 4 members (excludes halogenated alkanes) is 2. The van der Waals surface area contributed by atoms with E-state index in [2.05, 4.69) is 22.5 Å². The Morgan fingerprint density at radius 3 is 2.79 bits per heavy atom.